The molecule has 0 saturated carbocycles. The van der Waals surface area contributed by atoms with Crippen molar-refractivity contribution >= 4 is 17.7 Å². The number of rotatable bonds is 6. The zero-order valence-corrected chi connectivity index (χ0v) is 14.5. The van der Waals surface area contributed by atoms with Crippen LogP contribution in [-0.4, -0.2) is 52.9 Å². The van der Waals surface area contributed by atoms with E-state index in [1.54, 1.807) is 18.8 Å². The van der Waals surface area contributed by atoms with E-state index in [1.165, 1.54) is 0 Å². The number of ether oxygens (including phenoxy) is 2. The maximum Gasteiger partial charge on any atom is 0.326 e. The van der Waals surface area contributed by atoms with E-state index in [9.17, 15) is 4.79 Å². The van der Waals surface area contributed by atoms with Crippen LogP contribution in [0.25, 0.3) is 0 Å². The fourth-order valence-corrected chi connectivity index (χ4v) is 2.85. The number of urea groups is 1. The number of amides is 2. The maximum atomic E-state index is 12.2. The first-order valence-electron chi connectivity index (χ1n) is 8.38. The van der Waals surface area contributed by atoms with E-state index in [2.05, 4.69) is 25.9 Å². The molecule has 0 aromatic carbocycles. The Balaban J connectivity index is 1.55. The van der Waals surface area contributed by atoms with Crippen molar-refractivity contribution in [1.29, 1.82) is 0 Å². The number of hydrogen-bond donors (Lipinski definition) is 3. The average molecular weight is 348 g/mol. The van der Waals surface area contributed by atoms with Gasteiger partial charge in [0.2, 0.25) is 0 Å². The number of nitrogens with zero attached hydrogens (tertiary/aromatic N) is 3. The lowest BCUT2D eigenvalue weighted by Crippen LogP contribution is -2.21. The van der Waals surface area contributed by atoms with E-state index in [0.29, 0.717) is 30.6 Å². The molecule has 2 aromatic rings. The third-order valence-corrected chi connectivity index (χ3v) is 4.23. The van der Waals surface area contributed by atoms with Crippen molar-refractivity contribution in [2.75, 3.05) is 37.6 Å². The summed E-state index contributed by atoms with van der Waals surface area (Å²) in [6.45, 7) is 2.11. The number of aryl methyl sites for hydroxylation is 1. The Morgan fingerprint density at radius 3 is 2.96 bits per heavy atom. The Hall–Kier alpha value is -2.39. The highest BCUT2D eigenvalue weighted by Crippen LogP contribution is 2.26. The monoisotopic (exact) mass is 348 g/mol. The fraction of sp³-hybridized carbons (Fsp3) is 0.562. The molecule has 1 fully saturated rings. The number of hydrogen-bond acceptors (Lipinski definition) is 5. The molecule has 0 atom stereocenters. The van der Waals surface area contributed by atoms with Crippen molar-refractivity contribution in [3.63, 3.8) is 0 Å². The molecule has 1 aliphatic rings. The predicted octanol–water partition coefficient (Wildman–Crippen LogP) is 1.87. The van der Waals surface area contributed by atoms with Gasteiger partial charge >= 0.3 is 6.03 Å². The number of carbonyl (C=O) groups is 1. The highest BCUT2D eigenvalue weighted by atomic mass is 16.5. The van der Waals surface area contributed by atoms with E-state index in [-0.39, 0.29) is 6.03 Å². The number of aromatic amines is 1. The minimum absolute atomic E-state index is 0.355. The van der Waals surface area contributed by atoms with Crippen molar-refractivity contribution < 1.29 is 14.3 Å². The summed E-state index contributed by atoms with van der Waals surface area (Å²) in [5.41, 5.74) is 1.89. The Labute approximate surface area is 146 Å². The standard InChI is InChI=1S/C16H24N6O3/c1-22-15(9-12(21-22)5-6-24-2)18-16(23)17-14-10-13(19-20-14)11-3-7-25-8-4-11/h9-11H,3-8H2,1-2H3,(H3,17,18,19,20,23). The smallest absolute Gasteiger partial charge is 0.326 e. The Morgan fingerprint density at radius 1 is 1.40 bits per heavy atom. The zero-order valence-electron chi connectivity index (χ0n) is 14.5. The first kappa shape index (κ1) is 17.4. The van der Waals surface area contributed by atoms with Gasteiger partial charge in [0.15, 0.2) is 5.82 Å². The number of carbonyl (C=O) groups excluding carboxylic acids is 1. The summed E-state index contributed by atoms with van der Waals surface area (Å²) < 4.78 is 12.0. The molecule has 0 unspecified atom stereocenters. The molecule has 25 heavy (non-hydrogen) atoms. The summed E-state index contributed by atoms with van der Waals surface area (Å²) in [4.78, 5) is 12.2. The zero-order chi connectivity index (χ0) is 17.6. The number of H-pyrrole nitrogens is 1. The van der Waals surface area contributed by atoms with E-state index < -0.39 is 0 Å². The van der Waals surface area contributed by atoms with Crippen LogP contribution < -0.4 is 10.6 Å². The average Bonchev–Trinajstić information content (AvgIpc) is 3.21. The van der Waals surface area contributed by atoms with Crippen LogP contribution >= 0.6 is 0 Å². The number of aromatic nitrogens is 4. The molecular weight excluding hydrogens is 324 g/mol. The maximum absolute atomic E-state index is 12.2. The van der Waals surface area contributed by atoms with Gasteiger partial charge in [0.25, 0.3) is 0 Å². The quantitative estimate of drug-likeness (QED) is 0.739. The SMILES string of the molecule is COCCc1cc(NC(=O)Nc2cc(C3CCOCC3)[nH]n2)n(C)n1. The van der Waals surface area contributed by atoms with Crippen LogP contribution in [0.4, 0.5) is 16.4 Å². The van der Waals surface area contributed by atoms with Gasteiger partial charge in [0.05, 0.1) is 12.3 Å². The third kappa shape index (κ3) is 4.58. The van der Waals surface area contributed by atoms with Crippen LogP contribution in [0.15, 0.2) is 12.1 Å². The number of methoxy groups -OCH3 is 1. The Kier molecular flexibility index (Phi) is 5.67. The van der Waals surface area contributed by atoms with E-state index in [1.807, 2.05) is 12.1 Å². The largest absolute Gasteiger partial charge is 0.384 e. The van der Waals surface area contributed by atoms with Gasteiger partial charge in [0, 0.05) is 57.5 Å². The fourth-order valence-electron chi connectivity index (χ4n) is 2.85. The highest BCUT2D eigenvalue weighted by Gasteiger charge is 2.18. The summed E-state index contributed by atoms with van der Waals surface area (Å²) in [6, 6.07) is 3.35. The van der Waals surface area contributed by atoms with Crippen molar-refractivity contribution in [2.24, 2.45) is 7.05 Å². The summed E-state index contributed by atoms with van der Waals surface area (Å²) in [5, 5.41) is 17.0. The van der Waals surface area contributed by atoms with Gasteiger partial charge in [-0.1, -0.05) is 0 Å². The second kappa shape index (κ2) is 8.13. The molecule has 0 aliphatic carbocycles. The molecule has 0 bridgehead atoms. The van der Waals surface area contributed by atoms with Gasteiger partial charge < -0.3 is 9.47 Å². The lowest BCUT2D eigenvalue weighted by Gasteiger charge is -2.20. The highest BCUT2D eigenvalue weighted by molar-refractivity contribution is 5.98. The summed E-state index contributed by atoms with van der Waals surface area (Å²) in [5.74, 6) is 1.52. The third-order valence-electron chi connectivity index (χ3n) is 4.23. The van der Waals surface area contributed by atoms with Crippen molar-refractivity contribution in [2.45, 2.75) is 25.2 Å². The summed E-state index contributed by atoms with van der Waals surface area (Å²) >= 11 is 0. The summed E-state index contributed by atoms with van der Waals surface area (Å²) in [7, 11) is 3.43. The number of nitrogens with one attached hydrogen (secondary N) is 3. The first-order chi connectivity index (χ1) is 12.2. The molecule has 9 heteroatoms. The van der Waals surface area contributed by atoms with Crippen LogP contribution in [0.5, 0.6) is 0 Å². The van der Waals surface area contributed by atoms with E-state index in [0.717, 1.165) is 37.4 Å². The minimum atomic E-state index is -0.355. The molecular formula is C16H24N6O3. The van der Waals surface area contributed by atoms with Crippen LogP contribution in [0, 0.1) is 0 Å². The van der Waals surface area contributed by atoms with Crippen LogP contribution in [0.2, 0.25) is 0 Å². The topological polar surface area (TPSA) is 106 Å². The molecule has 3 rings (SSSR count). The molecule has 3 N–H and O–H groups in total. The normalized spacial score (nSPS) is 15.3. The van der Waals surface area contributed by atoms with Gasteiger partial charge in [0.1, 0.15) is 5.82 Å². The molecule has 9 nitrogen and oxygen atoms in total. The second-order valence-corrected chi connectivity index (χ2v) is 6.06. The van der Waals surface area contributed by atoms with Crippen molar-refractivity contribution in [1.82, 2.24) is 20.0 Å². The summed E-state index contributed by atoms with van der Waals surface area (Å²) in [6.07, 6.45) is 2.63. The van der Waals surface area contributed by atoms with Gasteiger partial charge in [-0.2, -0.15) is 10.2 Å². The van der Waals surface area contributed by atoms with Gasteiger partial charge in [-0.25, -0.2) is 4.79 Å². The van der Waals surface area contributed by atoms with Crippen LogP contribution in [-0.2, 0) is 22.9 Å². The lowest BCUT2D eigenvalue weighted by atomic mass is 9.97. The molecule has 0 spiro atoms. The molecule has 2 amide bonds. The van der Waals surface area contributed by atoms with E-state index >= 15 is 0 Å². The molecule has 1 aliphatic heterocycles. The second-order valence-electron chi connectivity index (χ2n) is 6.06. The van der Waals surface area contributed by atoms with Crippen molar-refractivity contribution in [3.8, 4) is 0 Å². The molecule has 2 aromatic heterocycles. The number of anilines is 2. The minimum Gasteiger partial charge on any atom is -0.384 e. The molecule has 1 saturated heterocycles. The predicted molar refractivity (Wildman–Crippen MR) is 92.8 cm³/mol. The van der Waals surface area contributed by atoms with Gasteiger partial charge in [-0.3, -0.25) is 20.4 Å². The van der Waals surface area contributed by atoms with Gasteiger partial charge in [-0.15, -0.1) is 0 Å². The van der Waals surface area contributed by atoms with Crippen LogP contribution in [0.1, 0.15) is 30.1 Å². The van der Waals surface area contributed by atoms with E-state index in [4.69, 9.17) is 9.47 Å². The molecule has 0 radical (unpaired) electrons. The van der Waals surface area contributed by atoms with Gasteiger partial charge in [-0.05, 0) is 12.8 Å². The Bertz CT molecular complexity index is 705. The first-order valence-corrected chi connectivity index (χ1v) is 8.38. The Morgan fingerprint density at radius 2 is 2.20 bits per heavy atom. The molecule has 3 heterocycles. The lowest BCUT2D eigenvalue weighted by molar-refractivity contribution is 0.0845. The molecule has 136 valence electrons. The van der Waals surface area contributed by atoms with Crippen molar-refractivity contribution in [3.05, 3.63) is 23.5 Å². The van der Waals surface area contributed by atoms with Crippen LogP contribution in [0.3, 0.4) is 0 Å².